The number of rotatable bonds is 5. The molecule has 0 aliphatic carbocycles. The van der Waals surface area contributed by atoms with E-state index in [9.17, 15) is 4.79 Å². The highest BCUT2D eigenvalue weighted by molar-refractivity contribution is 5.96. The summed E-state index contributed by atoms with van der Waals surface area (Å²) in [6.45, 7) is 3.47. The molecule has 1 unspecified atom stereocenters. The van der Waals surface area contributed by atoms with Crippen LogP contribution in [0.4, 0.5) is 0 Å². The standard InChI is InChI=1S/C16H18N4O3/c1-2-22-15-13(5-3-8-17-15)16(21)20-10-7-12(11-20)23-14-6-4-9-18-19-14/h3-6,8-9,12H,2,7,10-11H2,1H3. The highest BCUT2D eigenvalue weighted by Gasteiger charge is 2.30. The summed E-state index contributed by atoms with van der Waals surface area (Å²) in [7, 11) is 0. The van der Waals surface area contributed by atoms with Crippen LogP contribution >= 0.6 is 0 Å². The van der Waals surface area contributed by atoms with Crippen molar-refractivity contribution in [3.63, 3.8) is 0 Å². The molecule has 7 heteroatoms. The van der Waals surface area contributed by atoms with Crippen LogP contribution in [0.25, 0.3) is 0 Å². The Hall–Kier alpha value is -2.70. The van der Waals surface area contributed by atoms with Crippen molar-refractivity contribution in [2.75, 3.05) is 19.7 Å². The van der Waals surface area contributed by atoms with E-state index in [-0.39, 0.29) is 12.0 Å². The molecule has 2 aromatic rings. The number of hydrogen-bond donors (Lipinski definition) is 0. The molecule has 3 rings (SSSR count). The van der Waals surface area contributed by atoms with Gasteiger partial charge in [0.05, 0.1) is 13.2 Å². The molecule has 0 bridgehead atoms. The maximum absolute atomic E-state index is 12.7. The van der Waals surface area contributed by atoms with Crippen molar-refractivity contribution in [3.05, 3.63) is 42.2 Å². The molecule has 1 saturated heterocycles. The topological polar surface area (TPSA) is 77.4 Å². The van der Waals surface area contributed by atoms with Crippen molar-refractivity contribution >= 4 is 5.91 Å². The second-order valence-electron chi connectivity index (χ2n) is 5.13. The van der Waals surface area contributed by atoms with E-state index in [0.717, 1.165) is 6.42 Å². The van der Waals surface area contributed by atoms with E-state index in [0.29, 0.717) is 37.0 Å². The number of carbonyl (C=O) groups excluding carboxylic acids is 1. The van der Waals surface area contributed by atoms with Gasteiger partial charge in [-0.1, -0.05) is 0 Å². The van der Waals surface area contributed by atoms with Crippen LogP contribution < -0.4 is 9.47 Å². The summed E-state index contributed by atoms with van der Waals surface area (Å²) in [5, 5.41) is 7.68. The second-order valence-corrected chi connectivity index (χ2v) is 5.13. The van der Waals surface area contributed by atoms with Crippen LogP contribution in [0.3, 0.4) is 0 Å². The molecule has 1 atom stereocenters. The third-order valence-electron chi connectivity index (χ3n) is 3.55. The second kappa shape index (κ2) is 7.04. The molecule has 120 valence electrons. The fourth-order valence-electron chi connectivity index (χ4n) is 2.51. The molecule has 0 saturated carbocycles. The molecule has 1 fully saturated rings. The van der Waals surface area contributed by atoms with Crippen LogP contribution in [-0.4, -0.2) is 51.8 Å². The fraction of sp³-hybridized carbons (Fsp3) is 0.375. The van der Waals surface area contributed by atoms with Crippen LogP contribution in [-0.2, 0) is 0 Å². The van der Waals surface area contributed by atoms with Crippen molar-refractivity contribution in [1.82, 2.24) is 20.1 Å². The van der Waals surface area contributed by atoms with E-state index < -0.39 is 0 Å². The Morgan fingerprint density at radius 2 is 2.22 bits per heavy atom. The number of hydrogen-bond acceptors (Lipinski definition) is 6. The first-order valence-corrected chi connectivity index (χ1v) is 7.59. The van der Waals surface area contributed by atoms with E-state index in [4.69, 9.17) is 9.47 Å². The minimum absolute atomic E-state index is 0.0807. The molecular weight excluding hydrogens is 296 g/mol. The lowest BCUT2D eigenvalue weighted by atomic mass is 10.2. The minimum atomic E-state index is -0.0909. The van der Waals surface area contributed by atoms with Crippen molar-refractivity contribution in [2.24, 2.45) is 0 Å². The molecule has 2 aromatic heterocycles. The van der Waals surface area contributed by atoms with Crippen molar-refractivity contribution < 1.29 is 14.3 Å². The molecule has 0 N–H and O–H groups in total. The lowest BCUT2D eigenvalue weighted by molar-refractivity contribution is 0.0766. The number of aromatic nitrogens is 3. The van der Waals surface area contributed by atoms with Crippen molar-refractivity contribution in [1.29, 1.82) is 0 Å². The molecule has 1 aliphatic rings. The predicted octanol–water partition coefficient (Wildman–Crippen LogP) is 1.56. The van der Waals surface area contributed by atoms with Crippen LogP contribution in [0, 0.1) is 0 Å². The number of likely N-dealkylation sites (tertiary alicyclic amines) is 1. The maximum Gasteiger partial charge on any atom is 0.259 e. The fourth-order valence-corrected chi connectivity index (χ4v) is 2.51. The molecule has 7 nitrogen and oxygen atoms in total. The average molecular weight is 314 g/mol. The zero-order chi connectivity index (χ0) is 16.1. The molecule has 23 heavy (non-hydrogen) atoms. The van der Waals surface area contributed by atoms with Gasteiger partial charge in [-0.2, -0.15) is 5.10 Å². The summed E-state index contributed by atoms with van der Waals surface area (Å²) in [6.07, 6.45) is 3.88. The number of ether oxygens (including phenoxy) is 2. The van der Waals surface area contributed by atoms with Crippen molar-refractivity contribution in [3.8, 4) is 11.8 Å². The third-order valence-corrected chi connectivity index (χ3v) is 3.55. The van der Waals surface area contributed by atoms with Gasteiger partial charge in [0.2, 0.25) is 11.8 Å². The van der Waals surface area contributed by atoms with Gasteiger partial charge < -0.3 is 14.4 Å². The molecule has 1 amide bonds. The maximum atomic E-state index is 12.7. The summed E-state index contributed by atoms with van der Waals surface area (Å²) in [6, 6.07) is 6.99. The van der Waals surface area contributed by atoms with Crippen molar-refractivity contribution in [2.45, 2.75) is 19.4 Å². The van der Waals surface area contributed by atoms with Crippen LogP contribution in [0.1, 0.15) is 23.7 Å². The molecule has 0 spiro atoms. The van der Waals surface area contributed by atoms with E-state index in [1.165, 1.54) is 0 Å². The van der Waals surface area contributed by atoms with E-state index >= 15 is 0 Å². The summed E-state index contributed by atoms with van der Waals surface area (Å²) < 4.78 is 11.2. The van der Waals surface area contributed by atoms with Gasteiger partial charge in [0.15, 0.2) is 0 Å². The lowest BCUT2D eigenvalue weighted by Crippen LogP contribution is -2.31. The number of amides is 1. The van der Waals surface area contributed by atoms with Gasteiger partial charge in [-0.05, 0) is 25.1 Å². The zero-order valence-corrected chi connectivity index (χ0v) is 12.9. The average Bonchev–Trinajstić information content (AvgIpc) is 3.04. The number of nitrogens with zero attached hydrogens (tertiary/aromatic N) is 4. The predicted molar refractivity (Wildman–Crippen MR) is 82.4 cm³/mol. The van der Waals surface area contributed by atoms with E-state index in [1.54, 1.807) is 41.6 Å². The smallest absolute Gasteiger partial charge is 0.259 e. The Morgan fingerprint density at radius 3 is 3.00 bits per heavy atom. The summed E-state index contributed by atoms with van der Waals surface area (Å²) in [5.74, 6) is 0.758. The largest absolute Gasteiger partial charge is 0.477 e. The van der Waals surface area contributed by atoms with Gasteiger partial charge in [0.1, 0.15) is 11.7 Å². The Kier molecular flexibility index (Phi) is 4.65. The normalized spacial score (nSPS) is 17.1. The highest BCUT2D eigenvalue weighted by Crippen LogP contribution is 2.21. The molecule has 0 aromatic carbocycles. The van der Waals surface area contributed by atoms with Gasteiger partial charge in [0, 0.05) is 31.4 Å². The van der Waals surface area contributed by atoms with Crippen LogP contribution in [0.5, 0.6) is 11.8 Å². The van der Waals surface area contributed by atoms with Gasteiger partial charge in [-0.15, -0.1) is 5.10 Å². The SMILES string of the molecule is CCOc1ncccc1C(=O)N1CCC(Oc2cccnn2)C1. The van der Waals surface area contributed by atoms with E-state index in [1.807, 2.05) is 6.92 Å². The highest BCUT2D eigenvalue weighted by atomic mass is 16.5. The van der Waals surface area contributed by atoms with Gasteiger partial charge in [-0.25, -0.2) is 4.98 Å². The molecular formula is C16H18N4O3. The number of carbonyl (C=O) groups is 1. The Balaban J connectivity index is 1.66. The number of pyridine rings is 1. The Bertz CT molecular complexity index is 665. The third kappa shape index (κ3) is 3.56. The van der Waals surface area contributed by atoms with Gasteiger partial charge in [-0.3, -0.25) is 4.79 Å². The minimum Gasteiger partial charge on any atom is -0.477 e. The summed E-state index contributed by atoms with van der Waals surface area (Å²) in [5.41, 5.74) is 0.481. The first-order valence-electron chi connectivity index (χ1n) is 7.59. The quantitative estimate of drug-likeness (QED) is 0.833. The lowest BCUT2D eigenvalue weighted by Gasteiger charge is -2.18. The summed E-state index contributed by atoms with van der Waals surface area (Å²) >= 11 is 0. The molecule has 0 radical (unpaired) electrons. The Labute approximate surface area is 134 Å². The van der Waals surface area contributed by atoms with Crippen LogP contribution in [0.15, 0.2) is 36.7 Å². The van der Waals surface area contributed by atoms with E-state index in [2.05, 4.69) is 15.2 Å². The van der Waals surface area contributed by atoms with Gasteiger partial charge in [0.25, 0.3) is 5.91 Å². The van der Waals surface area contributed by atoms with Crippen LogP contribution in [0.2, 0.25) is 0 Å². The first-order chi connectivity index (χ1) is 11.3. The molecule has 3 heterocycles. The summed E-state index contributed by atoms with van der Waals surface area (Å²) in [4.78, 5) is 18.5. The molecule has 1 aliphatic heterocycles. The Morgan fingerprint density at radius 1 is 1.35 bits per heavy atom. The van der Waals surface area contributed by atoms with Gasteiger partial charge >= 0.3 is 0 Å². The zero-order valence-electron chi connectivity index (χ0n) is 12.9. The monoisotopic (exact) mass is 314 g/mol. The first kappa shape index (κ1) is 15.2.